The normalized spacial score (nSPS) is 11.4. The number of amides is 2. The van der Waals surface area contributed by atoms with Gasteiger partial charge in [0, 0.05) is 22.0 Å². The highest BCUT2D eigenvalue weighted by atomic mass is 35.5. The molecule has 0 aliphatic rings. The van der Waals surface area contributed by atoms with Crippen molar-refractivity contribution in [3.63, 3.8) is 0 Å². The molecule has 1 atom stereocenters. The van der Waals surface area contributed by atoms with Crippen molar-refractivity contribution >= 4 is 34.8 Å². The third-order valence-corrected chi connectivity index (χ3v) is 4.24. The SMILES string of the molecule is C[C@H](Oc1ccc(C(=O)Nc2cccc(F)c2)cc1)C(=O)Nc1ccc(Cl)cc1. The Hall–Kier alpha value is -3.38. The molecule has 0 aliphatic heterocycles. The van der Waals surface area contributed by atoms with E-state index in [1.54, 1.807) is 61.5 Å². The Kier molecular flexibility index (Phi) is 6.46. The first-order valence-corrected chi connectivity index (χ1v) is 9.18. The highest BCUT2D eigenvalue weighted by Gasteiger charge is 2.15. The van der Waals surface area contributed by atoms with Crippen molar-refractivity contribution in [2.24, 2.45) is 0 Å². The number of anilines is 2. The van der Waals surface area contributed by atoms with E-state index in [1.807, 2.05) is 0 Å². The number of carbonyl (C=O) groups is 2. The molecule has 0 heterocycles. The minimum atomic E-state index is -0.752. The summed E-state index contributed by atoms with van der Waals surface area (Å²) in [6, 6.07) is 18.7. The lowest BCUT2D eigenvalue weighted by atomic mass is 10.2. The fourth-order valence-electron chi connectivity index (χ4n) is 2.49. The van der Waals surface area contributed by atoms with E-state index in [0.717, 1.165) is 0 Å². The van der Waals surface area contributed by atoms with Crippen LogP contribution in [0.2, 0.25) is 5.02 Å². The molecule has 3 aromatic rings. The van der Waals surface area contributed by atoms with Crippen molar-refractivity contribution in [3.05, 3.63) is 89.2 Å². The summed E-state index contributed by atoms with van der Waals surface area (Å²) in [5.74, 6) is -0.695. The van der Waals surface area contributed by atoms with E-state index in [0.29, 0.717) is 27.7 Å². The monoisotopic (exact) mass is 412 g/mol. The zero-order valence-corrected chi connectivity index (χ0v) is 16.2. The van der Waals surface area contributed by atoms with Gasteiger partial charge in [-0.2, -0.15) is 0 Å². The van der Waals surface area contributed by atoms with Crippen molar-refractivity contribution in [2.45, 2.75) is 13.0 Å². The molecule has 0 aliphatic carbocycles. The summed E-state index contributed by atoms with van der Waals surface area (Å²) < 4.78 is 18.8. The average Bonchev–Trinajstić information content (AvgIpc) is 2.70. The fraction of sp³-hybridized carbons (Fsp3) is 0.0909. The van der Waals surface area contributed by atoms with Crippen molar-refractivity contribution in [1.82, 2.24) is 0 Å². The Morgan fingerprint density at radius 2 is 1.62 bits per heavy atom. The van der Waals surface area contributed by atoms with E-state index in [2.05, 4.69) is 10.6 Å². The van der Waals surface area contributed by atoms with Gasteiger partial charge in [0.15, 0.2) is 6.10 Å². The summed E-state index contributed by atoms with van der Waals surface area (Å²) >= 11 is 5.82. The molecule has 0 saturated carbocycles. The topological polar surface area (TPSA) is 67.4 Å². The van der Waals surface area contributed by atoms with Gasteiger partial charge in [-0.25, -0.2) is 4.39 Å². The number of nitrogens with one attached hydrogen (secondary N) is 2. The Morgan fingerprint density at radius 3 is 2.28 bits per heavy atom. The molecule has 2 N–H and O–H groups in total. The molecule has 5 nitrogen and oxygen atoms in total. The zero-order valence-electron chi connectivity index (χ0n) is 15.5. The van der Waals surface area contributed by atoms with Crippen molar-refractivity contribution in [3.8, 4) is 5.75 Å². The maximum atomic E-state index is 13.2. The smallest absolute Gasteiger partial charge is 0.265 e. The van der Waals surface area contributed by atoms with Crippen LogP contribution in [0.3, 0.4) is 0 Å². The highest BCUT2D eigenvalue weighted by Crippen LogP contribution is 2.18. The summed E-state index contributed by atoms with van der Waals surface area (Å²) in [7, 11) is 0. The van der Waals surface area contributed by atoms with Gasteiger partial charge >= 0.3 is 0 Å². The quantitative estimate of drug-likeness (QED) is 0.589. The van der Waals surface area contributed by atoms with Crippen LogP contribution in [0.4, 0.5) is 15.8 Å². The lowest BCUT2D eigenvalue weighted by Crippen LogP contribution is -2.30. The van der Waals surface area contributed by atoms with Crippen molar-refractivity contribution in [1.29, 1.82) is 0 Å². The van der Waals surface area contributed by atoms with Gasteiger partial charge in [-0.1, -0.05) is 17.7 Å². The molecule has 3 aromatic carbocycles. The second-order valence-corrected chi connectivity index (χ2v) is 6.68. The Balaban J connectivity index is 1.57. The number of halogens is 2. The van der Waals surface area contributed by atoms with E-state index in [1.165, 1.54) is 18.2 Å². The van der Waals surface area contributed by atoms with E-state index in [9.17, 15) is 14.0 Å². The number of hydrogen-bond donors (Lipinski definition) is 2. The Labute approximate surface area is 172 Å². The molecule has 7 heteroatoms. The molecule has 0 spiro atoms. The molecular weight excluding hydrogens is 395 g/mol. The first-order chi connectivity index (χ1) is 13.9. The molecular formula is C22H18ClFN2O3. The molecule has 0 unspecified atom stereocenters. The van der Waals surface area contributed by atoms with Crippen LogP contribution in [-0.4, -0.2) is 17.9 Å². The molecule has 148 valence electrons. The van der Waals surface area contributed by atoms with Gasteiger partial charge < -0.3 is 15.4 Å². The lowest BCUT2D eigenvalue weighted by molar-refractivity contribution is -0.122. The predicted octanol–water partition coefficient (Wildman–Crippen LogP) is 5.14. The van der Waals surface area contributed by atoms with Crippen LogP contribution < -0.4 is 15.4 Å². The molecule has 29 heavy (non-hydrogen) atoms. The highest BCUT2D eigenvalue weighted by molar-refractivity contribution is 6.30. The van der Waals surface area contributed by atoms with Crippen LogP contribution in [0.25, 0.3) is 0 Å². The zero-order chi connectivity index (χ0) is 20.8. The number of hydrogen-bond acceptors (Lipinski definition) is 3. The first-order valence-electron chi connectivity index (χ1n) is 8.81. The molecule has 3 rings (SSSR count). The van der Waals surface area contributed by atoms with Crippen LogP contribution in [0.1, 0.15) is 17.3 Å². The summed E-state index contributed by atoms with van der Waals surface area (Å²) in [6.07, 6.45) is -0.752. The van der Waals surface area contributed by atoms with E-state index in [4.69, 9.17) is 16.3 Å². The molecule has 0 fully saturated rings. The third-order valence-electron chi connectivity index (χ3n) is 3.99. The van der Waals surface area contributed by atoms with E-state index < -0.39 is 11.9 Å². The standard InChI is InChI=1S/C22H18ClFN2O3/c1-14(21(27)25-18-9-7-16(23)8-10-18)29-20-11-5-15(6-12-20)22(28)26-19-4-2-3-17(24)13-19/h2-14H,1H3,(H,25,27)(H,26,28)/t14-/m0/s1. The van der Waals surface area contributed by atoms with Crippen LogP contribution in [0, 0.1) is 5.82 Å². The molecule has 0 saturated heterocycles. The summed E-state index contributed by atoms with van der Waals surface area (Å²) in [5, 5.41) is 5.93. The van der Waals surface area contributed by atoms with Crippen LogP contribution in [0.15, 0.2) is 72.8 Å². The third kappa shape index (κ3) is 5.80. The van der Waals surface area contributed by atoms with Gasteiger partial charge in [-0.3, -0.25) is 9.59 Å². The fourth-order valence-corrected chi connectivity index (χ4v) is 2.62. The summed E-state index contributed by atoms with van der Waals surface area (Å²) in [4.78, 5) is 24.5. The number of ether oxygens (including phenoxy) is 1. The maximum absolute atomic E-state index is 13.2. The average molecular weight is 413 g/mol. The lowest BCUT2D eigenvalue weighted by Gasteiger charge is -2.15. The minimum Gasteiger partial charge on any atom is -0.481 e. The van der Waals surface area contributed by atoms with Gasteiger partial charge in [0.1, 0.15) is 11.6 Å². The van der Waals surface area contributed by atoms with E-state index in [-0.39, 0.29) is 11.8 Å². The van der Waals surface area contributed by atoms with Crippen molar-refractivity contribution < 1.29 is 18.7 Å². The first kappa shape index (κ1) is 20.4. The second-order valence-electron chi connectivity index (χ2n) is 6.25. The van der Waals surface area contributed by atoms with Gasteiger partial charge in [0.05, 0.1) is 0 Å². The number of benzene rings is 3. The molecule has 0 bridgehead atoms. The van der Waals surface area contributed by atoms with Gasteiger partial charge in [0.25, 0.3) is 11.8 Å². The number of carbonyl (C=O) groups excluding carboxylic acids is 2. The minimum absolute atomic E-state index is 0.319. The molecule has 0 radical (unpaired) electrons. The van der Waals surface area contributed by atoms with Gasteiger partial charge in [-0.05, 0) is 73.7 Å². The Bertz CT molecular complexity index is 1010. The van der Waals surface area contributed by atoms with E-state index >= 15 is 0 Å². The van der Waals surface area contributed by atoms with Gasteiger partial charge in [-0.15, -0.1) is 0 Å². The van der Waals surface area contributed by atoms with Crippen molar-refractivity contribution in [2.75, 3.05) is 10.6 Å². The van der Waals surface area contributed by atoms with Crippen LogP contribution in [-0.2, 0) is 4.79 Å². The molecule has 0 aromatic heterocycles. The molecule has 2 amide bonds. The summed E-state index contributed by atoms with van der Waals surface area (Å²) in [6.45, 7) is 1.62. The predicted molar refractivity (Wildman–Crippen MR) is 111 cm³/mol. The summed E-state index contributed by atoms with van der Waals surface area (Å²) in [5.41, 5.74) is 1.35. The number of rotatable bonds is 6. The van der Waals surface area contributed by atoms with Gasteiger partial charge in [0.2, 0.25) is 0 Å². The largest absolute Gasteiger partial charge is 0.481 e. The maximum Gasteiger partial charge on any atom is 0.265 e. The second kappa shape index (κ2) is 9.21. The van der Waals surface area contributed by atoms with Crippen LogP contribution >= 0.6 is 11.6 Å². The van der Waals surface area contributed by atoms with Crippen LogP contribution in [0.5, 0.6) is 5.75 Å². The Morgan fingerprint density at radius 1 is 0.931 bits per heavy atom.